The topological polar surface area (TPSA) is 61.6 Å². The van der Waals surface area contributed by atoms with Gasteiger partial charge in [0.15, 0.2) is 10.8 Å². The van der Waals surface area contributed by atoms with E-state index in [0.29, 0.717) is 11.5 Å². The molecule has 0 atom stereocenters. The van der Waals surface area contributed by atoms with E-state index in [2.05, 4.69) is 5.32 Å². The summed E-state index contributed by atoms with van der Waals surface area (Å²) in [6.45, 7) is 0. The van der Waals surface area contributed by atoms with Gasteiger partial charge in [-0.25, -0.2) is 0 Å². The zero-order chi connectivity index (χ0) is 15.3. The summed E-state index contributed by atoms with van der Waals surface area (Å²) in [6, 6.07) is 9.13. The molecule has 0 unspecified atom stereocenters. The molecule has 0 fully saturated rings. The fraction of sp³-hybridized carbons (Fsp3) is 0.308. The number of benzene rings is 1. The Labute approximate surface area is 123 Å². The van der Waals surface area contributed by atoms with Crippen molar-refractivity contribution >= 4 is 22.9 Å². The molecule has 1 rings (SSSR count). The maximum absolute atomic E-state index is 11.3. The first-order valence-electron chi connectivity index (χ1n) is 5.94. The number of anilines is 1. The van der Waals surface area contributed by atoms with E-state index in [0.717, 1.165) is 0 Å². The summed E-state index contributed by atoms with van der Waals surface area (Å²) in [6.07, 6.45) is 0. The summed E-state index contributed by atoms with van der Waals surface area (Å²) in [5.74, 6) is 0.434. The van der Waals surface area contributed by atoms with Crippen molar-refractivity contribution < 1.29 is 4.92 Å². The standard InChI is InChI=1S/C13H18N4O2S/c1-15(2)13(16(3)4)11(17(18)19)12(20)14-10-8-6-5-7-9-10/h5-9H,1-4H3,(H,14,20). The Balaban J connectivity index is 3.17. The second kappa shape index (κ2) is 6.85. The Morgan fingerprint density at radius 3 is 2.05 bits per heavy atom. The maximum atomic E-state index is 11.3. The average molecular weight is 294 g/mol. The molecule has 0 heterocycles. The van der Waals surface area contributed by atoms with Gasteiger partial charge in [0, 0.05) is 33.9 Å². The third kappa shape index (κ3) is 3.92. The van der Waals surface area contributed by atoms with Crippen LogP contribution >= 0.6 is 12.2 Å². The fourth-order valence-electron chi connectivity index (χ4n) is 1.80. The second-order valence-corrected chi connectivity index (χ2v) is 4.95. The molecule has 1 aromatic carbocycles. The van der Waals surface area contributed by atoms with E-state index in [1.165, 1.54) is 0 Å². The van der Waals surface area contributed by atoms with E-state index in [9.17, 15) is 10.1 Å². The van der Waals surface area contributed by atoms with Crippen LogP contribution in [0.5, 0.6) is 0 Å². The van der Waals surface area contributed by atoms with Crippen LogP contribution in [0.25, 0.3) is 0 Å². The van der Waals surface area contributed by atoms with Crippen LogP contribution < -0.4 is 5.32 Å². The van der Waals surface area contributed by atoms with Gasteiger partial charge in [0.05, 0.1) is 4.92 Å². The number of nitro groups is 1. The zero-order valence-corrected chi connectivity index (χ0v) is 12.8. The minimum absolute atomic E-state index is 0.0820. The van der Waals surface area contributed by atoms with Gasteiger partial charge in [-0.1, -0.05) is 30.4 Å². The van der Waals surface area contributed by atoms with E-state index in [1.54, 1.807) is 50.1 Å². The summed E-state index contributed by atoms with van der Waals surface area (Å²) in [4.78, 5) is 14.3. The molecule has 0 aliphatic carbocycles. The molecule has 0 radical (unpaired) electrons. The molecule has 6 nitrogen and oxygen atoms in total. The van der Waals surface area contributed by atoms with Crippen molar-refractivity contribution in [1.82, 2.24) is 9.80 Å². The Kier molecular flexibility index (Phi) is 5.45. The number of para-hydroxylation sites is 1. The third-order valence-corrected chi connectivity index (χ3v) is 2.78. The number of nitrogens with zero attached hydrogens (tertiary/aromatic N) is 3. The predicted octanol–water partition coefficient (Wildman–Crippen LogP) is 1.99. The molecular formula is C13H18N4O2S. The van der Waals surface area contributed by atoms with Crippen LogP contribution in [0.2, 0.25) is 0 Å². The molecule has 0 bridgehead atoms. The minimum Gasteiger partial charge on any atom is -0.359 e. The molecule has 7 heteroatoms. The molecule has 1 aromatic rings. The minimum atomic E-state index is -0.465. The van der Waals surface area contributed by atoms with Gasteiger partial charge in [-0.15, -0.1) is 0 Å². The zero-order valence-electron chi connectivity index (χ0n) is 12.0. The first-order valence-corrected chi connectivity index (χ1v) is 6.35. The lowest BCUT2D eigenvalue weighted by Gasteiger charge is -2.24. The predicted molar refractivity (Wildman–Crippen MR) is 84.1 cm³/mol. The van der Waals surface area contributed by atoms with Crippen molar-refractivity contribution in [1.29, 1.82) is 0 Å². The van der Waals surface area contributed by atoms with Crippen molar-refractivity contribution in [3.63, 3.8) is 0 Å². The quantitative estimate of drug-likeness (QED) is 0.388. The average Bonchev–Trinajstić information content (AvgIpc) is 2.35. The van der Waals surface area contributed by atoms with Crippen molar-refractivity contribution in [3.8, 4) is 0 Å². The second-order valence-electron chi connectivity index (χ2n) is 4.54. The van der Waals surface area contributed by atoms with Gasteiger partial charge in [-0.2, -0.15) is 0 Å². The van der Waals surface area contributed by atoms with E-state index in [4.69, 9.17) is 12.2 Å². The van der Waals surface area contributed by atoms with Gasteiger partial charge >= 0.3 is 5.70 Å². The maximum Gasteiger partial charge on any atom is 0.343 e. The van der Waals surface area contributed by atoms with Gasteiger partial charge < -0.3 is 15.1 Å². The molecule has 0 saturated heterocycles. The lowest BCUT2D eigenvalue weighted by atomic mass is 10.3. The number of rotatable bonds is 5. The molecule has 0 spiro atoms. The molecule has 20 heavy (non-hydrogen) atoms. The van der Waals surface area contributed by atoms with E-state index in [-0.39, 0.29) is 10.7 Å². The molecule has 1 N–H and O–H groups in total. The number of thiocarbonyl (C=S) groups is 1. The van der Waals surface area contributed by atoms with Gasteiger partial charge in [-0.05, 0) is 12.1 Å². The summed E-state index contributed by atoms with van der Waals surface area (Å²) in [5.41, 5.74) is 0.590. The van der Waals surface area contributed by atoms with E-state index >= 15 is 0 Å². The Morgan fingerprint density at radius 1 is 1.15 bits per heavy atom. The largest absolute Gasteiger partial charge is 0.359 e. The van der Waals surface area contributed by atoms with Crippen LogP contribution in [-0.4, -0.2) is 47.9 Å². The SMILES string of the molecule is CN(C)C(=C(C(=S)Nc1ccccc1)[N+](=O)[O-])N(C)C. The summed E-state index contributed by atoms with van der Waals surface area (Å²) in [5, 5.41) is 14.2. The summed E-state index contributed by atoms with van der Waals surface area (Å²) in [7, 11) is 6.96. The van der Waals surface area contributed by atoms with Gasteiger partial charge in [0.2, 0.25) is 0 Å². The first kappa shape index (κ1) is 15.9. The van der Waals surface area contributed by atoms with Crippen LogP contribution in [-0.2, 0) is 0 Å². The molecule has 0 aliphatic heterocycles. The Morgan fingerprint density at radius 2 is 1.65 bits per heavy atom. The number of hydrogen-bond donors (Lipinski definition) is 1. The van der Waals surface area contributed by atoms with E-state index < -0.39 is 4.92 Å². The van der Waals surface area contributed by atoms with Crippen molar-refractivity contribution in [2.45, 2.75) is 0 Å². The van der Waals surface area contributed by atoms with Crippen LogP contribution in [0, 0.1) is 10.1 Å². The van der Waals surface area contributed by atoms with Crippen molar-refractivity contribution in [3.05, 3.63) is 52.0 Å². The highest BCUT2D eigenvalue weighted by Gasteiger charge is 2.27. The Hall–Kier alpha value is -2.15. The highest BCUT2D eigenvalue weighted by atomic mass is 32.1. The smallest absolute Gasteiger partial charge is 0.343 e. The third-order valence-electron chi connectivity index (χ3n) is 2.49. The van der Waals surface area contributed by atoms with Gasteiger partial charge in [0.25, 0.3) is 0 Å². The first-order chi connectivity index (χ1) is 9.34. The van der Waals surface area contributed by atoms with Crippen molar-refractivity contribution in [2.75, 3.05) is 33.5 Å². The van der Waals surface area contributed by atoms with Crippen LogP contribution in [0.4, 0.5) is 5.69 Å². The van der Waals surface area contributed by atoms with E-state index in [1.807, 2.05) is 18.2 Å². The molecule has 0 aliphatic rings. The Bertz CT molecular complexity index is 516. The summed E-state index contributed by atoms with van der Waals surface area (Å²) >= 11 is 5.18. The highest BCUT2D eigenvalue weighted by molar-refractivity contribution is 7.81. The lowest BCUT2D eigenvalue weighted by molar-refractivity contribution is -0.417. The fourth-order valence-corrected chi connectivity index (χ4v) is 2.09. The number of hydrogen-bond acceptors (Lipinski definition) is 5. The lowest BCUT2D eigenvalue weighted by Crippen LogP contribution is -2.32. The molecule has 108 valence electrons. The van der Waals surface area contributed by atoms with Crippen LogP contribution in [0.15, 0.2) is 41.8 Å². The molecular weight excluding hydrogens is 276 g/mol. The van der Waals surface area contributed by atoms with Crippen LogP contribution in [0.3, 0.4) is 0 Å². The number of nitrogens with one attached hydrogen (secondary N) is 1. The molecule has 0 aromatic heterocycles. The van der Waals surface area contributed by atoms with Gasteiger partial charge in [0.1, 0.15) is 0 Å². The summed E-state index contributed by atoms with van der Waals surface area (Å²) < 4.78 is 0. The molecule has 0 amide bonds. The monoisotopic (exact) mass is 294 g/mol. The van der Waals surface area contributed by atoms with Gasteiger partial charge in [-0.3, -0.25) is 10.1 Å². The normalized spacial score (nSPS) is 9.60. The van der Waals surface area contributed by atoms with Crippen LogP contribution in [0.1, 0.15) is 0 Å². The van der Waals surface area contributed by atoms with Crippen molar-refractivity contribution in [2.24, 2.45) is 0 Å². The highest BCUT2D eigenvalue weighted by Crippen LogP contribution is 2.15. The molecule has 0 saturated carbocycles.